The standard InChI is InChI=1S/C16H15FN2O2/c1-9-7-10(3-5-12(9)17)15(18-2)11-4-6-13-14(8-11)21-16(20)19-13/h3-8,15,18H,1-2H3,(H,19,20). The highest BCUT2D eigenvalue weighted by Gasteiger charge is 2.14. The lowest BCUT2D eigenvalue weighted by Gasteiger charge is -2.18. The number of rotatable bonds is 3. The van der Waals surface area contributed by atoms with Gasteiger partial charge in [0.15, 0.2) is 5.58 Å². The normalized spacial score (nSPS) is 12.7. The molecule has 1 aromatic heterocycles. The monoisotopic (exact) mass is 286 g/mol. The summed E-state index contributed by atoms with van der Waals surface area (Å²) in [6.07, 6.45) is 0. The van der Waals surface area contributed by atoms with Crippen molar-refractivity contribution in [2.24, 2.45) is 0 Å². The molecule has 3 aromatic rings. The van der Waals surface area contributed by atoms with E-state index in [9.17, 15) is 9.18 Å². The molecule has 0 aliphatic carbocycles. The molecule has 0 radical (unpaired) electrons. The largest absolute Gasteiger partial charge is 0.417 e. The molecule has 0 aliphatic heterocycles. The third-order valence-electron chi connectivity index (χ3n) is 3.58. The molecule has 2 N–H and O–H groups in total. The van der Waals surface area contributed by atoms with E-state index in [2.05, 4.69) is 10.3 Å². The number of halogens is 1. The number of aromatic amines is 1. The summed E-state index contributed by atoms with van der Waals surface area (Å²) in [7, 11) is 1.83. The van der Waals surface area contributed by atoms with Gasteiger partial charge in [-0.15, -0.1) is 0 Å². The Morgan fingerprint density at radius 3 is 2.62 bits per heavy atom. The molecule has 1 atom stereocenters. The number of hydrogen-bond acceptors (Lipinski definition) is 3. The van der Waals surface area contributed by atoms with Gasteiger partial charge in [0.25, 0.3) is 0 Å². The van der Waals surface area contributed by atoms with Crippen molar-refractivity contribution in [1.82, 2.24) is 10.3 Å². The summed E-state index contributed by atoms with van der Waals surface area (Å²) < 4.78 is 18.5. The molecule has 0 fully saturated rings. The van der Waals surface area contributed by atoms with Crippen LogP contribution in [0.15, 0.2) is 45.6 Å². The second kappa shape index (κ2) is 5.18. The Morgan fingerprint density at radius 1 is 1.19 bits per heavy atom. The summed E-state index contributed by atoms with van der Waals surface area (Å²) >= 11 is 0. The molecule has 0 saturated heterocycles. The first-order valence-corrected chi connectivity index (χ1v) is 6.64. The second-order valence-electron chi connectivity index (χ2n) is 5.00. The number of nitrogens with one attached hydrogen (secondary N) is 2. The van der Waals surface area contributed by atoms with Gasteiger partial charge in [0, 0.05) is 0 Å². The van der Waals surface area contributed by atoms with Crippen molar-refractivity contribution in [2.45, 2.75) is 13.0 Å². The van der Waals surface area contributed by atoms with Gasteiger partial charge in [-0.3, -0.25) is 4.98 Å². The van der Waals surface area contributed by atoms with Gasteiger partial charge in [0.1, 0.15) is 5.82 Å². The van der Waals surface area contributed by atoms with Crippen LogP contribution in [0.4, 0.5) is 4.39 Å². The smallest absolute Gasteiger partial charge is 0.408 e. The minimum absolute atomic E-state index is 0.103. The predicted octanol–water partition coefficient (Wildman–Crippen LogP) is 2.88. The Kier molecular flexibility index (Phi) is 3.35. The van der Waals surface area contributed by atoms with Gasteiger partial charge in [0.2, 0.25) is 0 Å². The number of aryl methyl sites for hydroxylation is 1. The average molecular weight is 286 g/mol. The van der Waals surface area contributed by atoms with E-state index < -0.39 is 5.76 Å². The maximum absolute atomic E-state index is 13.4. The molecule has 21 heavy (non-hydrogen) atoms. The van der Waals surface area contributed by atoms with E-state index >= 15 is 0 Å². The zero-order valence-corrected chi connectivity index (χ0v) is 11.7. The van der Waals surface area contributed by atoms with E-state index in [0.29, 0.717) is 16.7 Å². The highest BCUT2D eigenvalue weighted by atomic mass is 19.1. The van der Waals surface area contributed by atoms with Gasteiger partial charge in [-0.25, -0.2) is 9.18 Å². The summed E-state index contributed by atoms with van der Waals surface area (Å²) in [5, 5.41) is 3.20. The third-order valence-corrected chi connectivity index (χ3v) is 3.58. The first kappa shape index (κ1) is 13.6. The summed E-state index contributed by atoms with van der Waals surface area (Å²) in [4.78, 5) is 13.8. The van der Waals surface area contributed by atoms with Crippen LogP contribution in [0, 0.1) is 12.7 Å². The molecule has 108 valence electrons. The first-order chi connectivity index (χ1) is 10.1. The first-order valence-electron chi connectivity index (χ1n) is 6.64. The SMILES string of the molecule is CNC(c1ccc(F)c(C)c1)c1ccc2[nH]c(=O)oc2c1. The van der Waals surface area contributed by atoms with Crippen LogP contribution >= 0.6 is 0 Å². The number of aromatic nitrogens is 1. The van der Waals surface area contributed by atoms with Crippen molar-refractivity contribution in [3.05, 3.63) is 69.5 Å². The number of fused-ring (bicyclic) bond motifs is 1. The van der Waals surface area contributed by atoms with E-state index in [1.165, 1.54) is 6.07 Å². The maximum Gasteiger partial charge on any atom is 0.417 e. The van der Waals surface area contributed by atoms with Crippen molar-refractivity contribution in [2.75, 3.05) is 7.05 Å². The summed E-state index contributed by atoms with van der Waals surface area (Å²) in [5.41, 5.74) is 3.67. The fourth-order valence-corrected chi connectivity index (χ4v) is 2.51. The fraction of sp³-hybridized carbons (Fsp3) is 0.188. The molecule has 0 spiro atoms. The minimum atomic E-state index is -0.471. The van der Waals surface area contributed by atoms with Gasteiger partial charge in [-0.05, 0) is 48.9 Å². The number of H-pyrrole nitrogens is 1. The minimum Gasteiger partial charge on any atom is -0.408 e. The molecule has 3 rings (SSSR count). The molecule has 1 heterocycles. The van der Waals surface area contributed by atoms with Gasteiger partial charge >= 0.3 is 5.76 Å². The van der Waals surface area contributed by atoms with Crippen LogP contribution in [0.5, 0.6) is 0 Å². The molecule has 0 saturated carbocycles. The highest BCUT2D eigenvalue weighted by molar-refractivity contribution is 5.73. The van der Waals surface area contributed by atoms with Crippen LogP contribution in [0.3, 0.4) is 0 Å². The van der Waals surface area contributed by atoms with E-state index in [1.54, 1.807) is 19.1 Å². The van der Waals surface area contributed by atoms with Crippen molar-refractivity contribution in [3.8, 4) is 0 Å². The Morgan fingerprint density at radius 2 is 1.90 bits per heavy atom. The zero-order chi connectivity index (χ0) is 15.0. The van der Waals surface area contributed by atoms with E-state index in [-0.39, 0.29) is 11.9 Å². The lowest BCUT2D eigenvalue weighted by Crippen LogP contribution is -2.17. The van der Waals surface area contributed by atoms with Crippen molar-refractivity contribution < 1.29 is 8.81 Å². The van der Waals surface area contributed by atoms with Crippen LogP contribution < -0.4 is 11.1 Å². The lowest BCUT2D eigenvalue weighted by molar-refractivity contribution is 0.554. The molecule has 0 amide bonds. The summed E-state index contributed by atoms with van der Waals surface area (Å²) in [5.74, 6) is -0.693. The summed E-state index contributed by atoms with van der Waals surface area (Å²) in [6, 6.07) is 10.4. The van der Waals surface area contributed by atoms with Crippen LogP contribution in [0.2, 0.25) is 0 Å². The quantitative estimate of drug-likeness (QED) is 0.778. The summed E-state index contributed by atoms with van der Waals surface area (Å²) in [6.45, 7) is 1.74. The van der Waals surface area contributed by atoms with Crippen LogP contribution in [-0.4, -0.2) is 12.0 Å². The van der Waals surface area contributed by atoms with Gasteiger partial charge in [-0.1, -0.05) is 18.2 Å². The van der Waals surface area contributed by atoms with Gasteiger partial charge in [0.05, 0.1) is 11.6 Å². The molecule has 4 nitrogen and oxygen atoms in total. The topological polar surface area (TPSA) is 58.0 Å². The number of hydrogen-bond donors (Lipinski definition) is 2. The third kappa shape index (κ3) is 2.48. The second-order valence-corrected chi connectivity index (χ2v) is 5.00. The molecule has 0 bridgehead atoms. The van der Waals surface area contributed by atoms with E-state index in [0.717, 1.165) is 11.1 Å². The van der Waals surface area contributed by atoms with Crippen LogP contribution in [-0.2, 0) is 0 Å². The number of oxazole rings is 1. The maximum atomic E-state index is 13.4. The molecule has 1 unspecified atom stereocenters. The van der Waals surface area contributed by atoms with Crippen molar-refractivity contribution in [1.29, 1.82) is 0 Å². The Bertz CT molecular complexity index is 851. The number of benzene rings is 2. The van der Waals surface area contributed by atoms with Crippen molar-refractivity contribution in [3.63, 3.8) is 0 Å². The average Bonchev–Trinajstić information content (AvgIpc) is 2.83. The zero-order valence-electron chi connectivity index (χ0n) is 11.7. The molecule has 0 aliphatic rings. The molecular formula is C16H15FN2O2. The van der Waals surface area contributed by atoms with E-state index in [4.69, 9.17) is 4.42 Å². The van der Waals surface area contributed by atoms with Gasteiger partial charge < -0.3 is 9.73 Å². The molecule has 5 heteroatoms. The Hall–Kier alpha value is -2.40. The molecular weight excluding hydrogens is 271 g/mol. The Balaban J connectivity index is 2.08. The van der Waals surface area contributed by atoms with Crippen LogP contribution in [0.1, 0.15) is 22.7 Å². The predicted molar refractivity (Wildman–Crippen MR) is 78.9 cm³/mol. The fourth-order valence-electron chi connectivity index (χ4n) is 2.51. The molecule has 2 aromatic carbocycles. The van der Waals surface area contributed by atoms with E-state index in [1.807, 2.05) is 25.2 Å². The Labute approximate surface area is 120 Å². The van der Waals surface area contributed by atoms with Gasteiger partial charge in [-0.2, -0.15) is 0 Å². The lowest BCUT2D eigenvalue weighted by atomic mass is 9.97. The highest BCUT2D eigenvalue weighted by Crippen LogP contribution is 2.25. The van der Waals surface area contributed by atoms with Crippen molar-refractivity contribution >= 4 is 11.1 Å². The van der Waals surface area contributed by atoms with Crippen LogP contribution in [0.25, 0.3) is 11.1 Å².